The largest absolute Gasteiger partial charge is 0.488 e. The predicted octanol–water partition coefficient (Wildman–Crippen LogP) is 7.23. The number of aromatic nitrogens is 2. The number of anilines is 3. The predicted molar refractivity (Wildman–Crippen MR) is 133 cm³/mol. The maximum absolute atomic E-state index is 6.43. The van der Waals surface area contributed by atoms with E-state index in [0.29, 0.717) is 15.1 Å². The number of H-pyrrole nitrogens is 1. The smallest absolute Gasteiger partial charge is 0.135 e. The summed E-state index contributed by atoms with van der Waals surface area (Å²) in [4.78, 5) is 10.1. The fourth-order valence-corrected chi connectivity index (χ4v) is 4.68. The van der Waals surface area contributed by atoms with Crippen LogP contribution in [-0.2, 0) is 0 Å². The normalized spacial score (nSPS) is 16.0. The Hall–Kier alpha value is -2.60. The highest BCUT2D eigenvalue weighted by Crippen LogP contribution is 2.33. The van der Waals surface area contributed by atoms with Gasteiger partial charge < -0.3 is 19.9 Å². The molecule has 1 aliphatic rings. The van der Waals surface area contributed by atoms with Gasteiger partial charge in [-0.1, -0.05) is 34.8 Å². The van der Waals surface area contributed by atoms with Gasteiger partial charge in [-0.3, -0.25) is 0 Å². The Balaban J connectivity index is 1.32. The third kappa shape index (κ3) is 4.20. The molecule has 3 heterocycles. The fraction of sp³-hybridized carbons (Fsp3) is 0.208. The number of hydrogen-bond acceptors (Lipinski definition) is 4. The summed E-state index contributed by atoms with van der Waals surface area (Å²) in [7, 11) is 0. The first-order valence-corrected chi connectivity index (χ1v) is 11.5. The van der Waals surface area contributed by atoms with Crippen LogP contribution in [0, 0.1) is 6.92 Å². The van der Waals surface area contributed by atoms with Gasteiger partial charge in [0.15, 0.2) is 0 Å². The van der Waals surface area contributed by atoms with Gasteiger partial charge >= 0.3 is 0 Å². The average Bonchev–Trinajstić information content (AvgIpc) is 3.42. The lowest BCUT2D eigenvalue weighted by Gasteiger charge is -2.22. The summed E-state index contributed by atoms with van der Waals surface area (Å²) in [6.07, 6.45) is 4.70. The van der Waals surface area contributed by atoms with Crippen molar-refractivity contribution in [3.05, 3.63) is 75.5 Å². The highest BCUT2D eigenvalue weighted by molar-refractivity contribution is 6.42. The molecule has 2 aromatic heterocycles. The second kappa shape index (κ2) is 8.74. The van der Waals surface area contributed by atoms with Gasteiger partial charge in [-0.15, -0.1) is 0 Å². The van der Waals surface area contributed by atoms with Crippen LogP contribution in [0.25, 0.3) is 10.9 Å². The van der Waals surface area contributed by atoms with Crippen LogP contribution in [0.4, 0.5) is 17.2 Å². The first kappa shape index (κ1) is 21.3. The quantitative estimate of drug-likeness (QED) is 0.312. The molecule has 2 N–H and O–H groups in total. The zero-order valence-electron chi connectivity index (χ0n) is 17.3. The van der Waals surface area contributed by atoms with Crippen LogP contribution in [-0.4, -0.2) is 29.2 Å². The molecule has 1 aliphatic heterocycles. The number of fused-ring (bicyclic) bond motifs is 1. The van der Waals surface area contributed by atoms with E-state index >= 15 is 0 Å². The zero-order valence-corrected chi connectivity index (χ0v) is 19.6. The maximum Gasteiger partial charge on any atom is 0.135 e. The van der Waals surface area contributed by atoms with E-state index in [-0.39, 0.29) is 6.10 Å². The molecule has 1 unspecified atom stereocenters. The minimum absolute atomic E-state index is 0.0744. The van der Waals surface area contributed by atoms with Crippen molar-refractivity contribution < 1.29 is 4.74 Å². The molecule has 1 fully saturated rings. The number of aromatic amines is 1. The van der Waals surface area contributed by atoms with E-state index in [1.807, 2.05) is 42.7 Å². The summed E-state index contributed by atoms with van der Waals surface area (Å²) < 4.78 is 6.14. The molecule has 5 nitrogen and oxygen atoms in total. The molecule has 0 radical (unpaired) electrons. The summed E-state index contributed by atoms with van der Waals surface area (Å²) in [5.41, 5.74) is 4.08. The van der Waals surface area contributed by atoms with E-state index < -0.39 is 0 Å². The first-order chi connectivity index (χ1) is 15.5. The first-order valence-electron chi connectivity index (χ1n) is 10.3. The van der Waals surface area contributed by atoms with E-state index in [1.165, 1.54) is 0 Å². The summed E-state index contributed by atoms with van der Waals surface area (Å²) >= 11 is 18.6. The molecule has 0 bridgehead atoms. The van der Waals surface area contributed by atoms with Crippen LogP contribution in [0.5, 0.6) is 5.75 Å². The number of halogens is 3. The van der Waals surface area contributed by atoms with E-state index in [9.17, 15) is 0 Å². The van der Waals surface area contributed by atoms with E-state index in [1.54, 1.807) is 12.1 Å². The van der Waals surface area contributed by atoms with Crippen molar-refractivity contribution in [1.82, 2.24) is 9.97 Å². The SMILES string of the molecule is Cc1c(N2CCC(Oc3ccc(Cl)c(Cl)c3)C2)ccnc1Nc1cc(Cl)c2cc[nH]c2c1. The average molecular weight is 488 g/mol. The highest BCUT2D eigenvalue weighted by atomic mass is 35.5. The molecule has 2 aromatic carbocycles. The van der Waals surface area contributed by atoms with Gasteiger partial charge in [0.2, 0.25) is 0 Å². The minimum Gasteiger partial charge on any atom is -0.488 e. The third-order valence-electron chi connectivity index (χ3n) is 5.74. The second-order valence-corrected chi connectivity index (χ2v) is 9.10. The summed E-state index contributed by atoms with van der Waals surface area (Å²) in [6, 6.07) is 13.3. The fourth-order valence-electron chi connectivity index (χ4n) is 4.11. The molecule has 164 valence electrons. The molecule has 0 spiro atoms. The van der Waals surface area contributed by atoms with Crippen LogP contribution in [0.2, 0.25) is 15.1 Å². The lowest BCUT2D eigenvalue weighted by molar-refractivity contribution is 0.225. The van der Waals surface area contributed by atoms with Crippen LogP contribution < -0.4 is 15.0 Å². The van der Waals surface area contributed by atoms with Gasteiger partial charge in [0.1, 0.15) is 17.7 Å². The molecule has 1 atom stereocenters. The number of pyridine rings is 1. The Labute approximate surface area is 201 Å². The molecule has 0 saturated carbocycles. The Kier molecular flexibility index (Phi) is 5.80. The van der Waals surface area contributed by atoms with Crippen LogP contribution >= 0.6 is 34.8 Å². The Bertz CT molecular complexity index is 1290. The van der Waals surface area contributed by atoms with Gasteiger partial charge in [0.25, 0.3) is 0 Å². The standard InChI is InChI=1S/C24H21Cl3N4O/c1-14-23(31-9-6-17(13-31)32-16-2-3-19(25)21(27)12-16)5-8-29-24(14)30-15-10-20(26)18-4-7-28-22(18)11-15/h2-5,7-8,10-12,17,28H,6,9,13H2,1H3,(H,29,30). The Morgan fingerprint density at radius 3 is 2.78 bits per heavy atom. The number of benzene rings is 2. The van der Waals surface area contributed by atoms with Gasteiger partial charge in [-0.05, 0) is 43.3 Å². The zero-order chi connectivity index (χ0) is 22.2. The van der Waals surface area contributed by atoms with Gasteiger partial charge in [0.05, 0.1) is 21.6 Å². The topological polar surface area (TPSA) is 53.2 Å². The molecular weight excluding hydrogens is 467 g/mol. The molecule has 0 aliphatic carbocycles. The Morgan fingerprint density at radius 2 is 1.94 bits per heavy atom. The van der Waals surface area contributed by atoms with Gasteiger partial charge in [0, 0.05) is 59.3 Å². The summed E-state index contributed by atoms with van der Waals surface area (Å²) in [5, 5.41) is 6.14. The van der Waals surface area contributed by atoms with Crippen molar-refractivity contribution in [3.63, 3.8) is 0 Å². The maximum atomic E-state index is 6.43. The van der Waals surface area contributed by atoms with Gasteiger partial charge in [-0.2, -0.15) is 0 Å². The van der Waals surface area contributed by atoms with Crippen molar-refractivity contribution in [2.75, 3.05) is 23.3 Å². The van der Waals surface area contributed by atoms with Crippen molar-refractivity contribution >= 4 is 62.9 Å². The molecule has 8 heteroatoms. The second-order valence-electron chi connectivity index (χ2n) is 7.88. The van der Waals surface area contributed by atoms with Crippen molar-refractivity contribution in [3.8, 4) is 5.75 Å². The number of nitrogens with one attached hydrogen (secondary N) is 2. The highest BCUT2D eigenvalue weighted by Gasteiger charge is 2.26. The third-order valence-corrected chi connectivity index (χ3v) is 6.79. The monoisotopic (exact) mass is 486 g/mol. The van der Waals surface area contributed by atoms with E-state index in [4.69, 9.17) is 39.5 Å². The van der Waals surface area contributed by atoms with E-state index in [2.05, 4.69) is 27.1 Å². The molecule has 32 heavy (non-hydrogen) atoms. The lowest BCUT2D eigenvalue weighted by atomic mass is 10.2. The molecule has 4 aromatic rings. The van der Waals surface area contributed by atoms with E-state index in [0.717, 1.165) is 58.9 Å². The Morgan fingerprint density at radius 1 is 1.06 bits per heavy atom. The summed E-state index contributed by atoms with van der Waals surface area (Å²) in [5.74, 6) is 1.54. The van der Waals surface area contributed by atoms with Crippen LogP contribution in [0.1, 0.15) is 12.0 Å². The molecule has 1 saturated heterocycles. The summed E-state index contributed by atoms with van der Waals surface area (Å²) in [6.45, 7) is 3.76. The van der Waals surface area contributed by atoms with Crippen LogP contribution in [0.15, 0.2) is 54.9 Å². The molecular formula is C24H21Cl3N4O. The van der Waals surface area contributed by atoms with Crippen molar-refractivity contribution in [2.24, 2.45) is 0 Å². The van der Waals surface area contributed by atoms with Gasteiger partial charge in [-0.25, -0.2) is 4.98 Å². The van der Waals surface area contributed by atoms with Crippen LogP contribution in [0.3, 0.4) is 0 Å². The van der Waals surface area contributed by atoms with Crippen molar-refractivity contribution in [2.45, 2.75) is 19.4 Å². The lowest BCUT2D eigenvalue weighted by Crippen LogP contribution is -2.25. The van der Waals surface area contributed by atoms with Crippen molar-refractivity contribution in [1.29, 1.82) is 0 Å². The molecule has 5 rings (SSSR count). The number of hydrogen-bond donors (Lipinski definition) is 2. The number of ether oxygens (including phenoxy) is 1. The number of rotatable bonds is 5. The number of nitrogens with zero attached hydrogens (tertiary/aromatic N) is 2. The minimum atomic E-state index is 0.0744. The molecule has 0 amide bonds.